The van der Waals surface area contributed by atoms with Gasteiger partial charge in [0.25, 0.3) is 5.91 Å². The number of carbonyl (C=O) groups excluding carboxylic acids is 2. The summed E-state index contributed by atoms with van der Waals surface area (Å²) in [6.45, 7) is 0.800. The van der Waals surface area contributed by atoms with Crippen LogP contribution in [-0.4, -0.2) is 40.7 Å². The number of hydrogen-bond acceptors (Lipinski definition) is 3. The molecule has 6 heteroatoms. The van der Waals surface area contributed by atoms with Crippen LogP contribution in [0.25, 0.3) is 0 Å². The number of carbonyl (C=O) groups is 2. The number of thiophene rings is 1. The Labute approximate surface area is 194 Å². The van der Waals surface area contributed by atoms with E-state index in [0.29, 0.717) is 12.1 Å². The molecular formula is C25H23BrN2O2S. The molecule has 0 spiro atoms. The minimum atomic E-state index is -0.0919. The highest BCUT2D eigenvalue weighted by Crippen LogP contribution is 2.38. The van der Waals surface area contributed by atoms with Gasteiger partial charge >= 0.3 is 0 Å². The monoisotopic (exact) mass is 494 g/mol. The largest absolute Gasteiger partial charge is 0.330 e. The fourth-order valence-electron chi connectivity index (χ4n) is 4.36. The van der Waals surface area contributed by atoms with Gasteiger partial charge in [-0.2, -0.15) is 0 Å². The highest BCUT2D eigenvalue weighted by Gasteiger charge is 2.38. The lowest BCUT2D eigenvalue weighted by Crippen LogP contribution is -2.47. The first-order chi connectivity index (χ1) is 15.1. The van der Waals surface area contributed by atoms with Crippen LogP contribution < -0.4 is 0 Å². The second kappa shape index (κ2) is 8.60. The van der Waals surface area contributed by atoms with Crippen molar-refractivity contribution in [3.8, 4) is 0 Å². The maximum absolute atomic E-state index is 13.6. The molecule has 3 aromatic rings. The van der Waals surface area contributed by atoms with Crippen molar-refractivity contribution in [1.29, 1.82) is 0 Å². The summed E-state index contributed by atoms with van der Waals surface area (Å²) in [5.41, 5.74) is 2.95. The molecule has 0 bridgehead atoms. The van der Waals surface area contributed by atoms with E-state index in [1.54, 1.807) is 16.2 Å². The number of halogens is 1. The summed E-state index contributed by atoms with van der Waals surface area (Å²) in [6, 6.07) is 19.8. The van der Waals surface area contributed by atoms with E-state index in [-0.39, 0.29) is 30.4 Å². The lowest BCUT2D eigenvalue weighted by molar-refractivity contribution is -0.134. The number of benzene rings is 2. The molecule has 4 nitrogen and oxygen atoms in total. The summed E-state index contributed by atoms with van der Waals surface area (Å²) in [5, 5.41) is 2.11. The summed E-state index contributed by atoms with van der Waals surface area (Å²) in [7, 11) is 0. The number of amides is 2. The van der Waals surface area contributed by atoms with E-state index in [2.05, 4.69) is 39.5 Å². The zero-order valence-electron chi connectivity index (χ0n) is 17.0. The summed E-state index contributed by atoms with van der Waals surface area (Å²) < 4.78 is 0.866. The van der Waals surface area contributed by atoms with Crippen LogP contribution in [0.2, 0.25) is 0 Å². The molecule has 1 aromatic heterocycles. The molecular weight excluding hydrogens is 472 g/mol. The van der Waals surface area contributed by atoms with E-state index in [9.17, 15) is 9.59 Å². The van der Waals surface area contributed by atoms with Crippen molar-refractivity contribution < 1.29 is 9.59 Å². The number of nitrogens with zero attached hydrogens (tertiary/aromatic N) is 2. The molecule has 1 atom stereocenters. The van der Waals surface area contributed by atoms with Gasteiger partial charge in [0, 0.05) is 27.5 Å². The molecule has 1 aliphatic carbocycles. The van der Waals surface area contributed by atoms with Gasteiger partial charge in [-0.05, 0) is 60.0 Å². The topological polar surface area (TPSA) is 40.6 Å². The van der Waals surface area contributed by atoms with Crippen LogP contribution in [-0.2, 0) is 11.2 Å². The Hall–Kier alpha value is -2.44. The first kappa shape index (κ1) is 20.5. The average molecular weight is 495 g/mol. The second-order valence-electron chi connectivity index (χ2n) is 8.12. The van der Waals surface area contributed by atoms with Crippen molar-refractivity contribution in [1.82, 2.24) is 9.80 Å². The third kappa shape index (κ3) is 4.19. The summed E-state index contributed by atoms with van der Waals surface area (Å²) in [6.07, 6.45) is 2.79. The Morgan fingerprint density at radius 3 is 2.61 bits per heavy atom. The average Bonchev–Trinajstić information content (AvgIpc) is 3.52. The summed E-state index contributed by atoms with van der Waals surface area (Å²) in [4.78, 5) is 31.9. The molecule has 1 unspecified atom stereocenters. The molecule has 1 fully saturated rings. The molecule has 0 radical (unpaired) electrons. The van der Waals surface area contributed by atoms with Crippen LogP contribution in [0.3, 0.4) is 0 Å². The zero-order chi connectivity index (χ0) is 21.4. The van der Waals surface area contributed by atoms with Crippen molar-refractivity contribution in [2.45, 2.75) is 31.3 Å². The Balaban J connectivity index is 1.42. The van der Waals surface area contributed by atoms with E-state index in [1.165, 1.54) is 10.4 Å². The van der Waals surface area contributed by atoms with E-state index in [1.807, 2.05) is 47.4 Å². The fourth-order valence-corrected chi connectivity index (χ4v) is 5.66. The molecule has 0 saturated heterocycles. The third-order valence-electron chi connectivity index (χ3n) is 6.03. The van der Waals surface area contributed by atoms with Crippen molar-refractivity contribution in [2.24, 2.45) is 0 Å². The zero-order valence-corrected chi connectivity index (χ0v) is 19.4. The summed E-state index contributed by atoms with van der Waals surface area (Å²) >= 11 is 5.21. The third-order valence-corrected chi connectivity index (χ3v) is 7.52. The number of hydrogen-bond donors (Lipinski definition) is 0. The lowest BCUT2D eigenvalue weighted by atomic mass is 9.93. The van der Waals surface area contributed by atoms with Gasteiger partial charge in [0.15, 0.2) is 0 Å². The Bertz CT molecular complexity index is 1110. The van der Waals surface area contributed by atoms with Gasteiger partial charge in [0.2, 0.25) is 5.91 Å². The highest BCUT2D eigenvalue weighted by atomic mass is 79.9. The quantitative estimate of drug-likeness (QED) is 0.483. The van der Waals surface area contributed by atoms with Gasteiger partial charge < -0.3 is 9.80 Å². The van der Waals surface area contributed by atoms with Gasteiger partial charge in [-0.3, -0.25) is 9.59 Å². The van der Waals surface area contributed by atoms with E-state index < -0.39 is 0 Å². The molecule has 5 rings (SSSR count). The van der Waals surface area contributed by atoms with Gasteiger partial charge in [0.1, 0.15) is 6.54 Å². The molecule has 2 aliphatic rings. The van der Waals surface area contributed by atoms with Crippen molar-refractivity contribution in [3.63, 3.8) is 0 Å². The van der Waals surface area contributed by atoms with Crippen molar-refractivity contribution in [2.75, 3.05) is 13.1 Å². The maximum Gasteiger partial charge on any atom is 0.254 e. The van der Waals surface area contributed by atoms with E-state index in [0.717, 1.165) is 29.3 Å². The van der Waals surface area contributed by atoms with Gasteiger partial charge in [0.05, 0.1) is 6.04 Å². The van der Waals surface area contributed by atoms with Crippen LogP contribution >= 0.6 is 27.3 Å². The molecule has 2 aromatic carbocycles. The predicted molar refractivity (Wildman–Crippen MR) is 126 cm³/mol. The minimum absolute atomic E-state index is 0.0148. The fraction of sp³-hybridized carbons (Fsp3) is 0.280. The van der Waals surface area contributed by atoms with Crippen LogP contribution in [0, 0.1) is 0 Å². The molecule has 1 saturated carbocycles. The summed E-state index contributed by atoms with van der Waals surface area (Å²) in [5.74, 6) is -0.0532. The standard InChI is InChI=1S/C25H23BrN2O2S/c26-19-8-4-7-18(15-19)25(30)28(20-9-10-20)16-23(29)27-13-11-22-21(12-14-31-22)24(27)17-5-2-1-3-6-17/h1-8,12,14-15,20,24H,9-11,13,16H2. The molecule has 0 N–H and O–H groups in total. The highest BCUT2D eigenvalue weighted by molar-refractivity contribution is 9.10. The molecule has 1 aliphatic heterocycles. The first-order valence-corrected chi connectivity index (χ1v) is 12.3. The lowest BCUT2D eigenvalue weighted by Gasteiger charge is -2.37. The maximum atomic E-state index is 13.6. The van der Waals surface area contributed by atoms with Crippen LogP contribution in [0.5, 0.6) is 0 Å². The van der Waals surface area contributed by atoms with Crippen LogP contribution in [0.1, 0.15) is 45.2 Å². The number of rotatable bonds is 5. The minimum Gasteiger partial charge on any atom is -0.330 e. The Kier molecular flexibility index (Phi) is 5.67. The van der Waals surface area contributed by atoms with Gasteiger partial charge in [-0.15, -0.1) is 11.3 Å². The van der Waals surface area contributed by atoms with Gasteiger partial charge in [-0.1, -0.05) is 52.3 Å². The Morgan fingerprint density at radius 2 is 1.87 bits per heavy atom. The predicted octanol–water partition coefficient (Wildman–Crippen LogP) is 5.29. The molecule has 158 valence electrons. The normalized spacial score (nSPS) is 17.8. The van der Waals surface area contributed by atoms with Crippen LogP contribution in [0.15, 0.2) is 70.5 Å². The van der Waals surface area contributed by atoms with Crippen molar-refractivity contribution in [3.05, 3.63) is 92.1 Å². The molecule has 31 heavy (non-hydrogen) atoms. The van der Waals surface area contributed by atoms with Crippen LogP contribution in [0.4, 0.5) is 0 Å². The SMILES string of the molecule is O=C(c1cccc(Br)c1)N(CC(=O)N1CCc2sccc2C1c1ccccc1)C1CC1. The Morgan fingerprint density at radius 1 is 1.06 bits per heavy atom. The second-order valence-corrected chi connectivity index (χ2v) is 10.0. The van der Waals surface area contributed by atoms with E-state index >= 15 is 0 Å². The van der Waals surface area contributed by atoms with E-state index in [4.69, 9.17) is 0 Å². The van der Waals surface area contributed by atoms with Gasteiger partial charge in [-0.25, -0.2) is 0 Å². The molecule has 2 heterocycles. The number of fused-ring (bicyclic) bond motifs is 1. The molecule has 2 amide bonds. The smallest absolute Gasteiger partial charge is 0.254 e. The first-order valence-electron chi connectivity index (χ1n) is 10.6. The van der Waals surface area contributed by atoms with Crippen molar-refractivity contribution >= 4 is 39.1 Å².